The SMILES string of the molecule is Cc1cc(S(=O)(=O)NCC2CCN(c3cccnc3)CC2)ccc1F. The van der Waals surface area contributed by atoms with E-state index >= 15 is 0 Å². The Labute approximate surface area is 147 Å². The maximum atomic E-state index is 13.3. The molecule has 25 heavy (non-hydrogen) atoms. The van der Waals surface area contributed by atoms with Crippen LogP contribution in [0.5, 0.6) is 0 Å². The molecule has 1 aliphatic heterocycles. The molecule has 1 saturated heterocycles. The van der Waals surface area contributed by atoms with Crippen molar-refractivity contribution in [3.8, 4) is 0 Å². The van der Waals surface area contributed by atoms with Gasteiger partial charge in [-0.3, -0.25) is 4.98 Å². The number of aryl methyl sites for hydroxylation is 1. The first-order chi connectivity index (χ1) is 12.0. The minimum atomic E-state index is -3.60. The molecule has 5 nitrogen and oxygen atoms in total. The second-order valence-electron chi connectivity index (χ2n) is 6.40. The fourth-order valence-corrected chi connectivity index (χ4v) is 4.23. The highest BCUT2D eigenvalue weighted by atomic mass is 32.2. The quantitative estimate of drug-likeness (QED) is 0.887. The van der Waals surface area contributed by atoms with Gasteiger partial charge >= 0.3 is 0 Å². The van der Waals surface area contributed by atoms with Crippen LogP contribution < -0.4 is 9.62 Å². The summed E-state index contributed by atoms with van der Waals surface area (Å²) in [6, 6.07) is 7.81. The van der Waals surface area contributed by atoms with E-state index in [-0.39, 0.29) is 4.90 Å². The van der Waals surface area contributed by atoms with Crippen molar-refractivity contribution in [1.29, 1.82) is 0 Å². The Morgan fingerprint density at radius 2 is 2.04 bits per heavy atom. The molecule has 0 spiro atoms. The van der Waals surface area contributed by atoms with Crippen molar-refractivity contribution in [1.82, 2.24) is 9.71 Å². The predicted octanol–water partition coefficient (Wildman–Crippen LogP) is 2.72. The zero-order valence-electron chi connectivity index (χ0n) is 14.2. The van der Waals surface area contributed by atoms with E-state index in [0.717, 1.165) is 31.6 Å². The summed E-state index contributed by atoms with van der Waals surface area (Å²) in [5, 5.41) is 0. The van der Waals surface area contributed by atoms with Crippen molar-refractivity contribution in [3.05, 3.63) is 54.1 Å². The molecule has 7 heteroatoms. The summed E-state index contributed by atoms with van der Waals surface area (Å²) < 4.78 is 40.7. The third kappa shape index (κ3) is 4.35. The van der Waals surface area contributed by atoms with Gasteiger partial charge in [0.15, 0.2) is 0 Å². The number of sulfonamides is 1. The van der Waals surface area contributed by atoms with Gasteiger partial charge in [0.1, 0.15) is 5.82 Å². The Hall–Kier alpha value is -1.99. The number of halogens is 1. The first-order valence-corrected chi connectivity index (χ1v) is 9.85. The molecule has 2 aromatic rings. The molecule has 0 saturated carbocycles. The van der Waals surface area contributed by atoms with Crippen LogP contribution in [0.3, 0.4) is 0 Å². The molecule has 0 amide bonds. The van der Waals surface area contributed by atoms with Crippen molar-refractivity contribution in [2.45, 2.75) is 24.7 Å². The van der Waals surface area contributed by atoms with Crippen molar-refractivity contribution < 1.29 is 12.8 Å². The van der Waals surface area contributed by atoms with Crippen molar-refractivity contribution >= 4 is 15.7 Å². The van der Waals surface area contributed by atoms with E-state index in [1.165, 1.54) is 18.2 Å². The number of aromatic nitrogens is 1. The molecule has 1 aliphatic rings. The van der Waals surface area contributed by atoms with Crippen LogP contribution in [0.25, 0.3) is 0 Å². The fraction of sp³-hybridized carbons (Fsp3) is 0.389. The minimum absolute atomic E-state index is 0.110. The molecular formula is C18H22FN3O2S. The number of pyridine rings is 1. The predicted molar refractivity (Wildman–Crippen MR) is 95.5 cm³/mol. The highest BCUT2D eigenvalue weighted by molar-refractivity contribution is 7.89. The third-order valence-electron chi connectivity index (χ3n) is 4.63. The lowest BCUT2D eigenvalue weighted by Gasteiger charge is -2.33. The van der Waals surface area contributed by atoms with Gasteiger partial charge in [-0.15, -0.1) is 0 Å². The van der Waals surface area contributed by atoms with Crippen LogP contribution in [0.15, 0.2) is 47.6 Å². The largest absolute Gasteiger partial charge is 0.370 e. The second kappa shape index (κ2) is 7.49. The third-order valence-corrected chi connectivity index (χ3v) is 6.05. The van der Waals surface area contributed by atoms with Crippen molar-refractivity contribution in [2.75, 3.05) is 24.5 Å². The highest BCUT2D eigenvalue weighted by Crippen LogP contribution is 2.22. The number of nitrogens with zero attached hydrogens (tertiary/aromatic N) is 2. The summed E-state index contributed by atoms with van der Waals surface area (Å²) >= 11 is 0. The van der Waals surface area contributed by atoms with Crippen LogP contribution >= 0.6 is 0 Å². The Morgan fingerprint density at radius 3 is 2.68 bits per heavy atom. The lowest BCUT2D eigenvalue weighted by atomic mass is 9.97. The lowest BCUT2D eigenvalue weighted by molar-refractivity contribution is 0.402. The van der Waals surface area contributed by atoms with Crippen LogP contribution in [0.1, 0.15) is 18.4 Å². The molecule has 1 fully saturated rings. The Morgan fingerprint density at radius 1 is 1.28 bits per heavy atom. The standard InChI is InChI=1S/C18H22FN3O2S/c1-14-11-17(4-5-18(14)19)25(23,24)21-12-15-6-9-22(10-7-15)16-3-2-8-20-13-16/h2-5,8,11,13,15,21H,6-7,9-10,12H2,1H3. The van der Waals surface area contributed by atoms with E-state index in [9.17, 15) is 12.8 Å². The van der Waals surface area contributed by atoms with E-state index < -0.39 is 15.8 Å². The first kappa shape index (κ1) is 17.8. The maximum Gasteiger partial charge on any atom is 0.240 e. The zero-order valence-corrected chi connectivity index (χ0v) is 15.0. The molecule has 1 aromatic heterocycles. The van der Waals surface area contributed by atoms with E-state index in [4.69, 9.17) is 0 Å². The number of anilines is 1. The van der Waals surface area contributed by atoms with Gasteiger partial charge in [-0.1, -0.05) is 0 Å². The fourth-order valence-electron chi connectivity index (χ4n) is 3.03. The monoisotopic (exact) mass is 363 g/mol. The van der Waals surface area contributed by atoms with Crippen LogP contribution in [0, 0.1) is 18.7 Å². The molecule has 134 valence electrons. The van der Waals surface area contributed by atoms with Gasteiger partial charge in [0.2, 0.25) is 10.0 Å². The molecule has 0 bridgehead atoms. The molecule has 0 unspecified atom stereocenters. The molecule has 0 aliphatic carbocycles. The van der Waals surface area contributed by atoms with Crippen LogP contribution in [0.4, 0.5) is 10.1 Å². The van der Waals surface area contributed by atoms with Crippen molar-refractivity contribution in [2.24, 2.45) is 5.92 Å². The topological polar surface area (TPSA) is 62.3 Å². The summed E-state index contributed by atoms with van der Waals surface area (Å²) in [5.41, 5.74) is 1.43. The number of piperidine rings is 1. The average molecular weight is 363 g/mol. The summed E-state index contributed by atoms with van der Waals surface area (Å²) in [7, 11) is -3.60. The summed E-state index contributed by atoms with van der Waals surface area (Å²) in [4.78, 5) is 6.51. The molecule has 0 atom stereocenters. The first-order valence-electron chi connectivity index (χ1n) is 8.36. The minimum Gasteiger partial charge on any atom is -0.370 e. The van der Waals surface area contributed by atoms with Gasteiger partial charge in [-0.05, 0) is 61.6 Å². The second-order valence-corrected chi connectivity index (χ2v) is 8.17. The van der Waals surface area contributed by atoms with Gasteiger partial charge in [-0.25, -0.2) is 17.5 Å². The average Bonchev–Trinajstić information content (AvgIpc) is 2.63. The summed E-state index contributed by atoms with van der Waals surface area (Å²) in [6.45, 7) is 3.73. The molecule has 1 N–H and O–H groups in total. The molecule has 0 radical (unpaired) electrons. The van der Waals surface area contributed by atoms with Crippen molar-refractivity contribution in [3.63, 3.8) is 0 Å². The Bertz CT molecular complexity index is 819. The van der Waals surface area contributed by atoms with Gasteiger partial charge < -0.3 is 4.90 Å². The normalized spacial score (nSPS) is 16.2. The number of benzene rings is 1. The number of rotatable bonds is 5. The highest BCUT2D eigenvalue weighted by Gasteiger charge is 2.22. The van der Waals surface area contributed by atoms with Crippen LogP contribution in [-0.2, 0) is 10.0 Å². The van der Waals surface area contributed by atoms with E-state index in [1.54, 1.807) is 13.1 Å². The van der Waals surface area contributed by atoms with E-state index in [1.807, 2.05) is 18.3 Å². The molecule has 2 heterocycles. The molecule has 1 aromatic carbocycles. The van der Waals surface area contributed by atoms with E-state index in [2.05, 4.69) is 14.6 Å². The zero-order chi connectivity index (χ0) is 17.9. The molecule has 3 rings (SSSR count). The van der Waals surface area contributed by atoms with Gasteiger partial charge in [0.05, 0.1) is 16.8 Å². The van der Waals surface area contributed by atoms with Crippen LogP contribution in [-0.4, -0.2) is 33.0 Å². The van der Waals surface area contributed by atoms with E-state index in [0.29, 0.717) is 18.0 Å². The number of hydrogen-bond donors (Lipinski definition) is 1. The number of hydrogen-bond acceptors (Lipinski definition) is 4. The Balaban J connectivity index is 1.55. The molecular weight excluding hydrogens is 341 g/mol. The summed E-state index contributed by atoms with van der Waals surface area (Å²) in [6.07, 6.45) is 5.43. The smallest absolute Gasteiger partial charge is 0.240 e. The Kier molecular flexibility index (Phi) is 5.34. The van der Waals surface area contributed by atoms with Crippen LogP contribution in [0.2, 0.25) is 0 Å². The number of nitrogens with one attached hydrogen (secondary N) is 1. The lowest BCUT2D eigenvalue weighted by Crippen LogP contribution is -2.38. The summed E-state index contributed by atoms with van der Waals surface area (Å²) in [5.74, 6) is -0.106. The van der Waals surface area contributed by atoms with Gasteiger partial charge in [0.25, 0.3) is 0 Å². The maximum absolute atomic E-state index is 13.3. The van der Waals surface area contributed by atoms with Gasteiger partial charge in [0, 0.05) is 25.8 Å². The van der Waals surface area contributed by atoms with Gasteiger partial charge in [-0.2, -0.15) is 0 Å².